The minimum absolute atomic E-state index is 0.346. The fourth-order valence-corrected chi connectivity index (χ4v) is 2.49. The van der Waals surface area contributed by atoms with Gasteiger partial charge < -0.3 is 0 Å². The summed E-state index contributed by atoms with van der Waals surface area (Å²) in [5, 5.41) is 8.48. The number of aromatic nitrogens is 3. The van der Waals surface area contributed by atoms with Crippen LogP contribution in [0.5, 0.6) is 0 Å². The summed E-state index contributed by atoms with van der Waals surface area (Å²) in [4.78, 5) is 4.57. The van der Waals surface area contributed by atoms with Crippen molar-refractivity contribution in [3.63, 3.8) is 0 Å². The van der Waals surface area contributed by atoms with Crippen LogP contribution in [-0.2, 0) is 6.42 Å². The van der Waals surface area contributed by atoms with Crippen LogP contribution in [0.25, 0.3) is 11.4 Å². The van der Waals surface area contributed by atoms with Gasteiger partial charge in [-0.05, 0) is 24.6 Å². The summed E-state index contributed by atoms with van der Waals surface area (Å²) in [5.74, 6) is 0.594. The largest absolute Gasteiger partial charge is 0.228 e. The summed E-state index contributed by atoms with van der Waals surface area (Å²) in [5.41, 5.74) is 3.99. The zero-order chi connectivity index (χ0) is 15.5. The first-order chi connectivity index (χ1) is 10.6. The lowest BCUT2D eigenvalue weighted by molar-refractivity contribution is 0.922. The first kappa shape index (κ1) is 15.1. The van der Waals surface area contributed by atoms with E-state index in [0.717, 1.165) is 21.3 Å². The maximum atomic E-state index is 6.14. The van der Waals surface area contributed by atoms with Crippen LogP contribution in [0.1, 0.15) is 16.8 Å². The third-order valence-electron chi connectivity index (χ3n) is 3.31. The summed E-state index contributed by atoms with van der Waals surface area (Å²) in [6, 6.07) is 16.1. The minimum atomic E-state index is 0.346. The van der Waals surface area contributed by atoms with E-state index >= 15 is 0 Å². The van der Waals surface area contributed by atoms with Crippen molar-refractivity contribution >= 4 is 27.5 Å². The third kappa shape index (κ3) is 3.51. The van der Waals surface area contributed by atoms with Gasteiger partial charge in [-0.25, -0.2) is 4.98 Å². The van der Waals surface area contributed by atoms with E-state index in [9.17, 15) is 0 Å². The molecule has 0 spiro atoms. The highest BCUT2D eigenvalue weighted by molar-refractivity contribution is 9.10. The molecule has 0 N–H and O–H groups in total. The van der Waals surface area contributed by atoms with Gasteiger partial charge in [0.25, 0.3) is 0 Å². The first-order valence-corrected chi connectivity index (χ1v) is 7.99. The predicted molar refractivity (Wildman–Crippen MR) is 92.0 cm³/mol. The number of benzene rings is 2. The molecule has 22 heavy (non-hydrogen) atoms. The Morgan fingerprint density at radius 3 is 2.32 bits per heavy atom. The van der Waals surface area contributed by atoms with Crippen LogP contribution < -0.4 is 0 Å². The second kappa shape index (κ2) is 6.55. The molecule has 0 aliphatic heterocycles. The molecule has 0 aliphatic carbocycles. The van der Waals surface area contributed by atoms with Gasteiger partial charge in [-0.15, -0.1) is 10.2 Å². The smallest absolute Gasteiger partial charge is 0.182 e. The van der Waals surface area contributed by atoms with E-state index in [1.54, 1.807) is 0 Å². The molecule has 3 rings (SSSR count). The average molecular weight is 375 g/mol. The van der Waals surface area contributed by atoms with E-state index < -0.39 is 0 Å². The van der Waals surface area contributed by atoms with Crippen molar-refractivity contribution in [1.82, 2.24) is 15.2 Å². The van der Waals surface area contributed by atoms with Crippen LogP contribution in [0.15, 0.2) is 53.0 Å². The second-order valence-corrected chi connectivity index (χ2v) is 6.32. The molecule has 0 saturated heterocycles. The number of rotatable bonds is 3. The Bertz CT molecular complexity index is 786. The van der Waals surface area contributed by atoms with Gasteiger partial charge in [-0.2, -0.15) is 0 Å². The Hall–Kier alpha value is -1.78. The third-order valence-corrected chi connectivity index (χ3v) is 4.13. The number of aryl methyl sites for hydroxylation is 1. The van der Waals surface area contributed by atoms with Crippen molar-refractivity contribution in [2.24, 2.45) is 0 Å². The minimum Gasteiger partial charge on any atom is -0.228 e. The molecule has 0 radical (unpaired) electrons. The van der Waals surface area contributed by atoms with Crippen LogP contribution in [0, 0.1) is 6.92 Å². The van der Waals surface area contributed by atoms with E-state index in [4.69, 9.17) is 11.6 Å². The molecular formula is C17H13BrClN3. The van der Waals surface area contributed by atoms with Crippen LogP contribution in [-0.4, -0.2) is 15.2 Å². The molecule has 0 atom stereocenters. The van der Waals surface area contributed by atoms with Crippen molar-refractivity contribution in [2.45, 2.75) is 13.3 Å². The predicted octanol–water partition coefficient (Wildman–Crippen LogP) is 4.85. The molecule has 2 aromatic carbocycles. The zero-order valence-corrected chi connectivity index (χ0v) is 14.3. The van der Waals surface area contributed by atoms with E-state index in [1.165, 1.54) is 5.56 Å². The first-order valence-electron chi connectivity index (χ1n) is 6.82. The summed E-state index contributed by atoms with van der Waals surface area (Å²) in [6.45, 7) is 2.05. The molecule has 0 saturated carbocycles. The summed E-state index contributed by atoms with van der Waals surface area (Å²) in [6.07, 6.45) is 0.625. The molecule has 0 aliphatic rings. The molecule has 0 fully saturated rings. The van der Waals surface area contributed by atoms with E-state index in [0.29, 0.717) is 17.4 Å². The Morgan fingerprint density at radius 1 is 0.955 bits per heavy atom. The van der Waals surface area contributed by atoms with Crippen molar-refractivity contribution in [1.29, 1.82) is 0 Å². The van der Waals surface area contributed by atoms with Gasteiger partial charge in [0.2, 0.25) is 0 Å². The number of nitrogens with zero attached hydrogens (tertiary/aromatic N) is 3. The summed E-state index contributed by atoms with van der Waals surface area (Å²) < 4.78 is 1.04. The lowest BCUT2D eigenvalue weighted by atomic mass is 10.1. The Labute approximate surface area is 142 Å². The average Bonchev–Trinajstić information content (AvgIpc) is 2.52. The molecule has 5 heteroatoms. The molecule has 0 bridgehead atoms. The quantitative estimate of drug-likeness (QED) is 0.657. The van der Waals surface area contributed by atoms with Gasteiger partial charge in [-0.1, -0.05) is 69.5 Å². The Kier molecular flexibility index (Phi) is 4.50. The lowest BCUT2D eigenvalue weighted by Gasteiger charge is -2.06. The summed E-state index contributed by atoms with van der Waals surface area (Å²) in [7, 11) is 0. The van der Waals surface area contributed by atoms with Gasteiger partial charge >= 0.3 is 0 Å². The van der Waals surface area contributed by atoms with Crippen molar-refractivity contribution in [3.8, 4) is 11.4 Å². The molecule has 110 valence electrons. The second-order valence-electron chi connectivity index (χ2n) is 5.04. The monoisotopic (exact) mass is 373 g/mol. The fraction of sp³-hybridized carbons (Fsp3) is 0.118. The molecule has 3 nitrogen and oxygen atoms in total. The lowest BCUT2D eigenvalue weighted by Crippen LogP contribution is -2.01. The van der Waals surface area contributed by atoms with E-state index in [1.807, 2.05) is 55.5 Å². The van der Waals surface area contributed by atoms with Gasteiger partial charge in [0.1, 0.15) is 0 Å². The zero-order valence-electron chi connectivity index (χ0n) is 11.9. The Morgan fingerprint density at radius 2 is 1.64 bits per heavy atom. The molecule has 3 aromatic rings. The highest BCUT2D eigenvalue weighted by Gasteiger charge is 2.10. The normalized spacial score (nSPS) is 10.7. The van der Waals surface area contributed by atoms with E-state index in [2.05, 4.69) is 31.1 Å². The summed E-state index contributed by atoms with van der Waals surface area (Å²) >= 11 is 9.57. The number of hydrogen-bond acceptors (Lipinski definition) is 3. The van der Waals surface area contributed by atoms with Crippen LogP contribution >= 0.6 is 27.5 Å². The molecule has 0 amide bonds. The highest BCUT2D eigenvalue weighted by Crippen LogP contribution is 2.20. The highest BCUT2D eigenvalue weighted by atomic mass is 79.9. The van der Waals surface area contributed by atoms with Crippen molar-refractivity contribution < 1.29 is 0 Å². The van der Waals surface area contributed by atoms with Crippen LogP contribution in [0.4, 0.5) is 0 Å². The standard InChI is InChI=1S/C17H13BrClN3/c1-11-2-6-13(7-3-11)17-20-15(16(19)21-22-17)10-12-4-8-14(18)9-5-12/h2-9H,10H2,1H3. The maximum absolute atomic E-state index is 6.14. The topological polar surface area (TPSA) is 38.7 Å². The fourth-order valence-electron chi connectivity index (χ4n) is 2.08. The van der Waals surface area contributed by atoms with Gasteiger partial charge in [0.15, 0.2) is 11.0 Å². The SMILES string of the molecule is Cc1ccc(-c2nnc(Cl)c(Cc3ccc(Br)cc3)n2)cc1. The van der Waals surface area contributed by atoms with Crippen LogP contribution in [0.3, 0.4) is 0 Å². The number of halogens is 2. The van der Waals surface area contributed by atoms with E-state index in [-0.39, 0.29) is 0 Å². The Balaban J connectivity index is 1.92. The molecule has 0 unspecified atom stereocenters. The molecule has 1 aromatic heterocycles. The van der Waals surface area contributed by atoms with Crippen molar-refractivity contribution in [2.75, 3.05) is 0 Å². The van der Waals surface area contributed by atoms with Gasteiger partial charge in [0, 0.05) is 16.5 Å². The van der Waals surface area contributed by atoms with Gasteiger partial charge in [-0.3, -0.25) is 0 Å². The van der Waals surface area contributed by atoms with Crippen molar-refractivity contribution in [3.05, 3.63) is 75.0 Å². The maximum Gasteiger partial charge on any atom is 0.182 e. The van der Waals surface area contributed by atoms with Gasteiger partial charge in [0.05, 0.1) is 5.69 Å². The van der Waals surface area contributed by atoms with Crippen LogP contribution in [0.2, 0.25) is 5.15 Å². The molecular weight excluding hydrogens is 362 g/mol. The number of hydrogen-bond donors (Lipinski definition) is 0. The molecule has 1 heterocycles.